The lowest BCUT2D eigenvalue weighted by atomic mass is 10.2. The number of nitro benzene ring substituents is 1. The minimum atomic E-state index is -0.471. The highest BCUT2D eigenvalue weighted by Gasteiger charge is 2.09. The zero-order valence-electron chi connectivity index (χ0n) is 19.1. The van der Waals surface area contributed by atoms with E-state index in [0.717, 1.165) is 5.56 Å². The first-order valence-electron chi connectivity index (χ1n) is 10.7. The van der Waals surface area contributed by atoms with Gasteiger partial charge in [0.05, 0.1) is 18.2 Å². The summed E-state index contributed by atoms with van der Waals surface area (Å²) < 4.78 is 5.04. The van der Waals surface area contributed by atoms with Gasteiger partial charge in [-0.15, -0.1) is 0 Å². The van der Waals surface area contributed by atoms with Crippen molar-refractivity contribution < 1.29 is 14.8 Å². The maximum absolute atomic E-state index is 10.9. The van der Waals surface area contributed by atoms with E-state index in [1.54, 1.807) is 24.3 Å². The van der Waals surface area contributed by atoms with Gasteiger partial charge < -0.3 is 20.5 Å². The van der Waals surface area contributed by atoms with Crippen LogP contribution in [0.4, 0.5) is 29.2 Å². The van der Waals surface area contributed by atoms with E-state index < -0.39 is 4.92 Å². The molecule has 12 heteroatoms. The highest BCUT2D eigenvalue weighted by Crippen LogP contribution is 2.25. The number of methoxy groups -OCH3 is 1. The van der Waals surface area contributed by atoms with Gasteiger partial charge in [-0.2, -0.15) is 20.1 Å². The summed E-state index contributed by atoms with van der Waals surface area (Å²) in [5.41, 5.74) is 4.95. The fourth-order valence-electron chi connectivity index (χ4n) is 3.09. The topological polar surface area (TPSA) is 160 Å². The molecular formula is C24H22N8O4. The van der Waals surface area contributed by atoms with Crippen molar-refractivity contribution in [2.24, 2.45) is 5.10 Å². The zero-order valence-corrected chi connectivity index (χ0v) is 19.1. The molecule has 0 aliphatic rings. The summed E-state index contributed by atoms with van der Waals surface area (Å²) in [7, 11) is 1.47. The van der Waals surface area contributed by atoms with Gasteiger partial charge in [-0.05, 0) is 41.5 Å². The van der Waals surface area contributed by atoms with Crippen molar-refractivity contribution in [1.29, 1.82) is 0 Å². The van der Waals surface area contributed by atoms with Crippen LogP contribution in [0, 0.1) is 10.1 Å². The lowest BCUT2D eigenvalue weighted by Gasteiger charge is -2.10. The van der Waals surface area contributed by atoms with Crippen molar-refractivity contribution >= 4 is 35.4 Å². The van der Waals surface area contributed by atoms with E-state index in [-0.39, 0.29) is 29.3 Å². The molecule has 0 fully saturated rings. The minimum Gasteiger partial charge on any atom is -0.504 e. The quantitative estimate of drug-likeness (QED) is 0.145. The first-order chi connectivity index (χ1) is 17.5. The van der Waals surface area contributed by atoms with Gasteiger partial charge in [-0.3, -0.25) is 10.1 Å². The molecule has 0 saturated carbocycles. The molecule has 0 radical (unpaired) electrons. The van der Waals surface area contributed by atoms with Crippen LogP contribution in [0.1, 0.15) is 11.1 Å². The second-order valence-corrected chi connectivity index (χ2v) is 7.38. The van der Waals surface area contributed by atoms with Crippen LogP contribution in [-0.2, 0) is 6.54 Å². The molecule has 4 aromatic rings. The largest absolute Gasteiger partial charge is 0.504 e. The molecule has 0 bridgehead atoms. The van der Waals surface area contributed by atoms with E-state index in [2.05, 4.69) is 36.1 Å². The SMILES string of the molecule is COc1ccc(/C=N/Nc2nc(NCc3ccccc3)nc(Nc3ccc([N+](=O)[O-])cc3)n2)cc1O. The monoisotopic (exact) mass is 486 g/mol. The number of aromatic nitrogens is 3. The van der Waals surface area contributed by atoms with Crippen molar-refractivity contribution in [2.75, 3.05) is 23.2 Å². The van der Waals surface area contributed by atoms with Gasteiger partial charge in [-0.1, -0.05) is 30.3 Å². The van der Waals surface area contributed by atoms with E-state index in [1.807, 2.05) is 30.3 Å². The molecule has 0 aliphatic heterocycles. The average Bonchev–Trinajstić information content (AvgIpc) is 2.88. The second kappa shape index (κ2) is 11.2. The van der Waals surface area contributed by atoms with Crippen molar-refractivity contribution in [2.45, 2.75) is 6.54 Å². The van der Waals surface area contributed by atoms with Crippen molar-refractivity contribution in [3.63, 3.8) is 0 Å². The first kappa shape index (κ1) is 23.9. The normalized spacial score (nSPS) is 10.7. The molecule has 0 atom stereocenters. The Balaban J connectivity index is 1.53. The summed E-state index contributed by atoms with van der Waals surface area (Å²) in [6.45, 7) is 0.482. The van der Waals surface area contributed by atoms with Gasteiger partial charge in [0.1, 0.15) is 0 Å². The second-order valence-electron chi connectivity index (χ2n) is 7.38. The van der Waals surface area contributed by atoms with Crippen LogP contribution in [-0.4, -0.2) is 38.3 Å². The summed E-state index contributed by atoms with van der Waals surface area (Å²) in [5.74, 6) is 0.989. The Hall–Kier alpha value is -5.26. The lowest BCUT2D eigenvalue weighted by molar-refractivity contribution is -0.384. The van der Waals surface area contributed by atoms with E-state index in [1.165, 1.54) is 31.5 Å². The Bertz CT molecular complexity index is 1360. The number of aromatic hydroxyl groups is 1. The highest BCUT2D eigenvalue weighted by atomic mass is 16.6. The molecule has 3 aromatic carbocycles. The van der Waals surface area contributed by atoms with Crippen LogP contribution in [0.25, 0.3) is 0 Å². The fraction of sp³-hybridized carbons (Fsp3) is 0.0833. The highest BCUT2D eigenvalue weighted by molar-refractivity contribution is 5.81. The molecule has 182 valence electrons. The molecule has 12 nitrogen and oxygen atoms in total. The smallest absolute Gasteiger partial charge is 0.269 e. The molecule has 0 saturated heterocycles. The van der Waals surface area contributed by atoms with Crippen LogP contribution >= 0.6 is 0 Å². The van der Waals surface area contributed by atoms with Crippen LogP contribution < -0.4 is 20.8 Å². The number of hydrogen-bond acceptors (Lipinski definition) is 11. The van der Waals surface area contributed by atoms with E-state index >= 15 is 0 Å². The molecule has 1 aromatic heterocycles. The molecular weight excluding hydrogens is 464 g/mol. The average molecular weight is 486 g/mol. The molecule has 0 spiro atoms. The number of nitrogens with zero attached hydrogens (tertiary/aromatic N) is 5. The molecule has 4 N–H and O–H groups in total. The minimum absolute atomic E-state index is 0.0106. The van der Waals surface area contributed by atoms with Crippen molar-refractivity contribution in [3.8, 4) is 11.5 Å². The number of benzene rings is 3. The van der Waals surface area contributed by atoms with Gasteiger partial charge >= 0.3 is 0 Å². The number of non-ortho nitro benzene ring substituents is 1. The number of phenols is 1. The Labute approximate surface area is 205 Å². The number of rotatable bonds is 10. The zero-order chi connectivity index (χ0) is 25.3. The Morgan fingerprint density at radius 3 is 2.42 bits per heavy atom. The number of nitrogens with one attached hydrogen (secondary N) is 3. The summed E-state index contributed by atoms with van der Waals surface area (Å²) in [6, 6.07) is 20.5. The van der Waals surface area contributed by atoms with E-state index in [4.69, 9.17) is 4.74 Å². The number of anilines is 4. The number of ether oxygens (including phenoxy) is 1. The Morgan fingerprint density at radius 1 is 1.00 bits per heavy atom. The first-order valence-corrected chi connectivity index (χ1v) is 10.7. The van der Waals surface area contributed by atoms with Crippen molar-refractivity contribution in [3.05, 3.63) is 94.0 Å². The third kappa shape index (κ3) is 6.41. The Kier molecular flexibility index (Phi) is 7.46. The maximum Gasteiger partial charge on any atom is 0.269 e. The third-order valence-corrected chi connectivity index (χ3v) is 4.84. The molecule has 0 aliphatic carbocycles. The van der Waals surface area contributed by atoms with Gasteiger partial charge in [0.25, 0.3) is 5.69 Å². The number of hydrazone groups is 1. The number of hydrogen-bond donors (Lipinski definition) is 4. The number of nitro groups is 1. The maximum atomic E-state index is 10.9. The van der Waals surface area contributed by atoms with Crippen LogP contribution in [0.2, 0.25) is 0 Å². The van der Waals surface area contributed by atoms with Crippen LogP contribution in [0.5, 0.6) is 11.5 Å². The third-order valence-electron chi connectivity index (χ3n) is 4.84. The molecule has 0 unspecified atom stereocenters. The van der Waals surface area contributed by atoms with Gasteiger partial charge in [0.2, 0.25) is 17.8 Å². The molecule has 36 heavy (non-hydrogen) atoms. The van der Waals surface area contributed by atoms with E-state index in [9.17, 15) is 15.2 Å². The van der Waals surface area contributed by atoms with Crippen LogP contribution in [0.3, 0.4) is 0 Å². The van der Waals surface area contributed by atoms with E-state index in [0.29, 0.717) is 23.5 Å². The lowest BCUT2D eigenvalue weighted by Crippen LogP contribution is -2.09. The van der Waals surface area contributed by atoms with Gasteiger partial charge in [0.15, 0.2) is 11.5 Å². The van der Waals surface area contributed by atoms with Crippen molar-refractivity contribution in [1.82, 2.24) is 15.0 Å². The molecule has 4 rings (SSSR count). The predicted octanol–water partition coefficient (Wildman–Crippen LogP) is 4.30. The van der Waals surface area contributed by atoms with Gasteiger partial charge in [0, 0.05) is 24.4 Å². The summed E-state index contributed by atoms with van der Waals surface area (Å²) in [4.78, 5) is 23.5. The molecule has 0 amide bonds. The summed E-state index contributed by atoms with van der Waals surface area (Å²) in [5, 5.41) is 31.1. The summed E-state index contributed by atoms with van der Waals surface area (Å²) >= 11 is 0. The summed E-state index contributed by atoms with van der Waals surface area (Å²) in [6.07, 6.45) is 1.49. The molecule has 1 heterocycles. The van der Waals surface area contributed by atoms with Gasteiger partial charge in [-0.25, -0.2) is 5.43 Å². The predicted molar refractivity (Wildman–Crippen MR) is 136 cm³/mol. The standard InChI is InChI=1S/C24H22N8O4/c1-36-21-12-7-17(13-20(21)33)15-26-31-24-29-22(25-14-16-5-3-2-4-6-16)28-23(30-24)27-18-8-10-19(11-9-18)32(34)35/h2-13,15,33H,14H2,1H3,(H3,25,27,28,29,30,31)/b26-15+. The Morgan fingerprint density at radius 2 is 1.72 bits per heavy atom. The fourth-order valence-corrected chi connectivity index (χ4v) is 3.09. The number of phenolic OH excluding ortho intramolecular Hbond substituents is 1. The van der Waals surface area contributed by atoms with Crippen LogP contribution in [0.15, 0.2) is 77.9 Å².